The largest absolute Gasteiger partial charge is 0.379 e. The van der Waals surface area contributed by atoms with Gasteiger partial charge in [-0.2, -0.15) is 4.98 Å². The highest BCUT2D eigenvalue weighted by atomic mass is 19.1. The molecule has 1 aromatic carbocycles. The van der Waals surface area contributed by atoms with Gasteiger partial charge in [0.2, 0.25) is 5.95 Å². The Morgan fingerprint density at radius 1 is 1.03 bits per heavy atom. The molecule has 1 saturated heterocycles. The van der Waals surface area contributed by atoms with Gasteiger partial charge in [-0.1, -0.05) is 6.07 Å². The summed E-state index contributed by atoms with van der Waals surface area (Å²) in [7, 11) is 0. The number of morpholine rings is 1. The number of nitrogens with zero attached hydrogens (tertiary/aromatic N) is 5. The number of benzene rings is 1. The van der Waals surface area contributed by atoms with Crippen molar-refractivity contribution in [2.24, 2.45) is 0 Å². The first-order valence-electron chi connectivity index (χ1n) is 9.98. The number of pyridine rings is 1. The van der Waals surface area contributed by atoms with Crippen LogP contribution in [-0.2, 0) is 11.3 Å². The fourth-order valence-corrected chi connectivity index (χ4v) is 3.60. The summed E-state index contributed by atoms with van der Waals surface area (Å²) in [6.45, 7) is 2.68. The van der Waals surface area contributed by atoms with E-state index in [0.29, 0.717) is 49.4 Å². The Kier molecular flexibility index (Phi) is 5.27. The third kappa shape index (κ3) is 4.10. The van der Waals surface area contributed by atoms with Gasteiger partial charge in [0.25, 0.3) is 0 Å². The van der Waals surface area contributed by atoms with Gasteiger partial charge in [-0.25, -0.2) is 18.7 Å². The lowest BCUT2D eigenvalue weighted by atomic mass is 10.1. The highest BCUT2D eigenvalue weighted by Gasteiger charge is 2.18. The first-order chi connectivity index (χ1) is 15.2. The van der Waals surface area contributed by atoms with Crippen LogP contribution in [0.2, 0.25) is 0 Å². The number of halogens is 2. The second-order valence-corrected chi connectivity index (χ2v) is 7.27. The smallest absolute Gasteiger partial charge is 0.230 e. The number of hydrogen-bond acceptors (Lipinski definition) is 6. The molecule has 9 heteroatoms. The van der Waals surface area contributed by atoms with E-state index in [1.165, 1.54) is 12.1 Å². The van der Waals surface area contributed by atoms with Crippen molar-refractivity contribution in [1.82, 2.24) is 24.4 Å². The van der Waals surface area contributed by atoms with E-state index in [1.807, 2.05) is 17.0 Å². The number of fused-ring (bicyclic) bond motifs is 1. The molecule has 0 aliphatic carbocycles. The van der Waals surface area contributed by atoms with Gasteiger partial charge in [0.15, 0.2) is 0 Å². The Hall–Kier alpha value is -3.43. The average Bonchev–Trinajstić information content (AvgIpc) is 3.21. The van der Waals surface area contributed by atoms with Crippen LogP contribution in [0.25, 0.3) is 16.7 Å². The van der Waals surface area contributed by atoms with Gasteiger partial charge in [0, 0.05) is 49.2 Å². The fraction of sp³-hybridized carbons (Fsp3) is 0.227. The lowest BCUT2D eigenvalue weighted by molar-refractivity contribution is 0.0332. The number of hydrogen-bond donors (Lipinski definition) is 1. The molecular formula is C22H20F2N6O. The van der Waals surface area contributed by atoms with E-state index in [4.69, 9.17) is 4.74 Å². The standard InChI is InChI=1S/C22H20F2N6O/c23-18-11-16(12-19(24)17(18)14-29-7-9-31-10-8-29)30-6-4-15-13-26-22(28-21(15)30)27-20-3-1-2-5-25-20/h1-6,11-13H,7-10,14H2,(H,25,26,27,28). The van der Waals surface area contributed by atoms with E-state index in [1.54, 1.807) is 35.3 Å². The van der Waals surface area contributed by atoms with E-state index in [2.05, 4.69) is 20.3 Å². The Labute approximate surface area is 177 Å². The van der Waals surface area contributed by atoms with Crippen LogP contribution in [0.3, 0.4) is 0 Å². The molecular weight excluding hydrogens is 402 g/mol. The van der Waals surface area contributed by atoms with E-state index in [-0.39, 0.29) is 12.1 Å². The maximum Gasteiger partial charge on any atom is 0.230 e. The molecule has 158 valence electrons. The molecule has 4 aromatic rings. The van der Waals surface area contributed by atoms with Gasteiger partial charge in [-0.3, -0.25) is 4.90 Å². The first kappa shape index (κ1) is 19.5. The zero-order chi connectivity index (χ0) is 21.2. The predicted molar refractivity (Wildman–Crippen MR) is 112 cm³/mol. The summed E-state index contributed by atoms with van der Waals surface area (Å²) in [6, 6.07) is 9.94. The van der Waals surface area contributed by atoms with Gasteiger partial charge in [-0.05, 0) is 30.3 Å². The predicted octanol–water partition coefficient (Wildman–Crippen LogP) is 3.67. The number of ether oxygens (including phenoxy) is 1. The van der Waals surface area contributed by atoms with Crippen molar-refractivity contribution >= 4 is 22.8 Å². The van der Waals surface area contributed by atoms with E-state index in [0.717, 1.165) is 5.39 Å². The Morgan fingerprint density at radius 2 is 1.84 bits per heavy atom. The lowest BCUT2D eigenvalue weighted by Gasteiger charge is -2.27. The molecule has 0 radical (unpaired) electrons. The third-order valence-corrected chi connectivity index (χ3v) is 5.22. The molecule has 0 saturated carbocycles. The third-order valence-electron chi connectivity index (χ3n) is 5.22. The minimum absolute atomic E-state index is 0.0641. The minimum atomic E-state index is -0.579. The SMILES string of the molecule is Fc1cc(-n2ccc3cnc(Nc4ccccn4)nc32)cc(F)c1CN1CCOCC1. The second kappa shape index (κ2) is 8.37. The molecule has 1 aliphatic heterocycles. The Morgan fingerprint density at radius 3 is 2.58 bits per heavy atom. The zero-order valence-corrected chi connectivity index (χ0v) is 16.6. The zero-order valence-electron chi connectivity index (χ0n) is 16.6. The Balaban J connectivity index is 1.46. The van der Waals surface area contributed by atoms with Crippen molar-refractivity contribution in [3.05, 3.63) is 72.2 Å². The van der Waals surface area contributed by atoms with Crippen LogP contribution in [-0.4, -0.2) is 50.7 Å². The van der Waals surface area contributed by atoms with Crippen molar-refractivity contribution in [3.8, 4) is 5.69 Å². The number of anilines is 2. The van der Waals surface area contributed by atoms with Gasteiger partial charge in [0.05, 0.1) is 18.9 Å². The molecule has 1 aliphatic rings. The molecule has 0 atom stereocenters. The van der Waals surface area contributed by atoms with Crippen LogP contribution in [0.5, 0.6) is 0 Å². The van der Waals surface area contributed by atoms with Crippen molar-refractivity contribution in [1.29, 1.82) is 0 Å². The summed E-state index contributed by atoms with van der Waals surface area (Å²) in [5.41, 5.74) is 0.959. The topological polar surface area (TPSA) is 68.1 Å². The van der Waals surface area contributed by atoms with Gasteiger partial charge >= 0.3 is 0 Å². The molecule has 0 spiro atoms. The average molecular weight is 422 g/mol. The quantitative estimate of drug-likeness (QED) is 0.529. The summed E-state index contributed by atoms with van der Waals surface area (Å²) < 4.78 is 36.7. The summed E-state index contributed by atoms with van der Waals surface area (Å²) in [6.07, 6.45) is 5.04. The maximum atomic E-state index is 14.9. The fourth-order valence-electron chi connectivity index (χ4n) is 3.60. The molecule has 5 rings (SSSR count). The molecule has 1 fully saturated rings. The number of rotatable bonds is 5. The lowest BCUT2D eigenvalue weighted by Crippen LogP contribution is -2.36. The molecule has 4 heterocycles. The van der Waals surface area contributed by atoms with E-state index in [9.17, 15) is 8.78 Å². The van der Waals surface area contributed by atoms with E-state index >= 15 is 0 Å². The van der Waals surface area contributed by atoms with Crippen LogP contribution in [0.1, 0.15) is 5.56 Å². The number of nitrogens with one attached hydrogen (secondary N) is 1. The normalized spacial score (nSPS) is 14.8. The molecule has 7 nitrogen and oxygen atoms in total. The monoisotopic (exact) mass is 422 g/mol. The van der Waals surface area contributed by atoms with Crippen LogP contribution < -0.4 is 5.32 Å². The van der Waals surface area contributed by atoms with Gasteiger partial charge < -0.3 is 14.6 Å². The van der Waals surface area contributed by atoms with Crippen molar-refractivity contribution < 1.29 is 13.5 Å². The van der Waals surface area contributed by atoms with Crippen LogP contribution in [0.15, 0.2) is 55.0 Å². The van der Waals surface area contributed by atoms with Crippen molar-refractivity contribution in [2.75, 3.05) is 31.6 Å². The van der Waals surface area contributed by atoms with Gasteiger partial charge in [-0.15, -0.1) is 0 Å². The van der Waals surface area contributed by atoms with Gasteiger partial charge in [0.1, 0.15) is 23.1 Å². The summed E-state index contributed by atoms with van der Waals surface area (Å²) in [4.78, 5) is 15.0. The second-order valence-electron chi connectivity index (χ2n) is 7.27. The summed E-state index contributed by atoms with van der Waals surface area (Å²) in [5.74, 6) is -0.214. The van der Waals surface area contributed by atoms with Crippen molar-refractivity contribution in [2.45, 2.75) is 6.54 Å². The minimum Gasteiger partial charge on any atom is -0.379 e. The number of aromatic nitrogens is 4. The first-order valence-corrected chi connectivity index (χ1v) is 9.98. The molecule has 0 bridgehead atoms. The molecule has 0 unspecified atom stereocenters. The molecule has 3 aromatic heterocycles. The van der Waals surface area contributed by atoms with Crippen LogP contribution in [0.4, 0.5) is 20.5 Å². The highest BCUT2D eigenvalue weighted by molar-refractivity contribution is 5.78. The molecule has 31 heavy (non-hydrogen) atoms. The van der Waals surface area contributed by atoms with Crippen LogP contribution in [0, 0.1) is 11.6 Å². The summed E-state index contributed by atoms with van der Waals surface area (Å²) in [5, 5.41) is 3.79. The molecule has 0 amide bonds. The van der Waals surface area contributed by atoms with E-state index < -0.39 is 11.6 Å². The highest BCUT2D eigenvalue weighted by Crippen LogP contribution is 2.24. The maximum absolute atomic E-state index is 14.9. The van der Waals surface area contributed by atoms with Crippen molar-refractivity contribution in [3.63, 3.8) is 0 Å². The summed E-state index contributed by atoms with van der Waals surface area (Å²) >= 11 is 0. The van der Waals surface area contributed by atoms with Crippen LogP contribution >= 0.6 is 0 Å². The Bertz CT molecular complexity index is 1180. The molecule has 1 N–H and O–H groups in total.